The Bertz CT molecular complexity index is 583. The number of anilines is 1. The van der Waals surface area contributed by atoms with E-state index >= 15 is 0 Å². The van der Waals surface area contributed by atoms with Gasteiger partial charge in [0, 0.05) is 31.2 Å². The molecular formula is C15H23ClN4O3S. The molecule has 0 radical (unpaired) electrons. The van der Waals surface area contributed by atoms with Gasteiger partial charge in [0.05, 0.1) is 11.5 Å². The number of carbonyl (C=O) groups excluding carboxylic acids is 2. The van der Waals surface area contributed by atoms with Crippen LogP contribution in [0, 0.1) is 6.92 Å². The van der Waals surface area contributed by atoms with Gasteiger partial charge in [-0.15, -0.1) is 24.2 Å². The topological polar surface area (TPSA) is 87.5 Å². The zero-order chi connectivity index (χ0) is 16.2. The second-order valence-electron chi connectivity index (χ2n) is 6.13. The van der Waals surface area contributed by atoms with E-state index in [1.807, 2.05) is 4.90 Å². The molecule has 0 spiro atoms. The molecular weight excluding hydrogens is 352 g/mol. The smallest absolute Gasteiger partial charge is 0.235 e. The highest BCUT2D eigenvalue weighted by Gasteiger charge is 2.30. The number of thioether (sulfide) groups is 1. The second-order valence-corrected chi connectivity index (χ2v) is 7.12. The van der Waals surface area contributed by atoms with Crippen LogP contribution in [0.3, 0.4) is 0 Å². The van der Waals surface area contributed by atoms with Crippen molar-refractivity contribution in [1.82, 2.24) is 15.4 Å². The van der Waals surface area contributed by atoms with Crippen LogP contribution in [-0.2, 0) is 9.59 Å². The summed E-state index contributed by atoms with van der Waals surface area (Å²) in [6.45, 7) is 3.37. The Morgan fingerprint density at radius 2 is 2.17 bits per heavy atom. The highest BCUT2D eigenvalue weighted by Crippen LogP contribution is 2.21. The summed E-state index contributed by atoms with van der Waals surface area (Å²) in [5, 5.41) is 9.92. The predicted molar refractivity (Wildman–Crippen MR) is 95.6 cm³/mol. The first-order valence-electron chi connectivity index (χ1n) is 7.95. The van der Waals surface area contributed by atoms with E-state index in [-0.39, 0.29) is 30.0 Å². The monoisotopic (exact) mass is 374 g/mol. The number of carbonyl (C=O) groups is 2. The molecule has 3 heterocycles. The van der Waals surface area contributed by atoms with Gasteiger partial charge in [0.1, 0.15) is 5.76 Å². The fourth-order valence-corrected chi connectivity index (χ4v) is 3.81. The molecule has 24 heavy (non-hydrogen) atoms. The summed E-state index contributed by atoms with van der Waals surface area (Å²) in [6.07, 6.45) is 3.41. The summed E-state index contributed by atoms with van der Waals surface area (Å²) in [7, 11) is 0. The Balaban J connectivity index is 0.00000208. The average Bonchev–Trinajstić information content (AvgIpc) is 3.04. The molecule has 3 rings (SSSR count). The molecule has 2 unspecified atom stereocenters. The number of hydrogen-bond acceptors (Lipinski definition) is 6. The molecule has 2 fully saturated rings. The first-order valence-corrected chi connectivity index (χ1v) is 9.10. The average molecular weight is 375 g/mol. The Morgan fingerprint density at radius 3 is 2.92 bits per heavy atom. The molecule has 7 nitrogen and oxygen atoms in total. The van der Waals surface area contributed by atoms with Crippen LogP contribution in [-0.4, -0.2) is 58.5 Å². The van der Waals surface area contributed by atoms with Gasteiger partial charge in [-0.2, -0.15) is 0 Å². The Morgan fingerprint density at radius 1 is 1.38 bits per heavy atom. The zero-order valence-corrected chi connectivity index (χ0v) is 15.3. The maximum atomic E-state index is 12.3. The van der Waals surface area contributed by atoms with Gasteiger partial charge in [0.2, 0.25) is 11.8 Å². The van der Waals surface area contributed by atoms with Crippen LogP contribution in [0.4, 0.5) is 5.82 Å². The Hall–Kier alpha value is -1.25. The minimum Gasteiger partial charge on any atom is -0.360 e. The molecule has 9 heteroatoms. The van der Waals surface area contributed by atoms with Gasteiger partial charge in [-0.25, -0.2) is 0 Å². The highest BCUT2D eigenvalue weighted by atomic mass is 35.5. The van der Waals surface area contributed by atoms with E-state index in [0.29, 0.717) is 29.4 Å². The van der Waals surface area contributed by atoms with Crippen LogP contribution >= 0.6 is 24.2 Å². The van der Waals surface area contributed by atoms with E-state index in [2.05, 4.69) is 15.8 Å². The van der Waals surface area contributed by atoms with Crippen LogP contribution < -0.4 is 10.6 Å². The van der Waals surface area contributed by atoms with Crippen molar-refractivity contribution in [1.29, 1.82) is 0 Å². The number of aryl methyl sites for hydroxylation is 1. The minimum absolute atomic E-state index is 0. The first-order chi connectivity index (χ1) is 11.1. The fraction of sp³-hybridized carbons (Fsp3) is 0.667. The molecule has 2 aliphatic heterocycles. The first kappa shape index (κ1) is 19.1. The molecule has 134 valence electrons. The highest BCUT2D eigenvalue weighted by molar-refractivity contribution is 8.00. The lowest BCUT2D eigenvalue weighted by molar-refractivity contribution is -0.128. The second kappa shape index (κ2) is 8.73. The quantitative estimate of drug-likeness (QED) is 0.810. The molecule has 2 aliphatic rings. The number of nitrogens with zero attached hydrogens (tertiary/aromatic N) is 2. The molecule has 1 aromatic rings. The molecule has 1 aromatic heterocycles. The van der Waals surface area contributed by atoms with Gasteiger partial charge < -0.3 is 20.1 Å². The summed E-state index contributed by atoms with van der Waals surface area (Å²) in [5.74, 6) is 1.57. The Labute approximate surface area is 151 Å². The third kappa shape index (κ3) is 5.12. The number of aromatic nitrogens is 1. The van der Waals surface area contributed by atoms with E-state index in [1.165, 1.54) is 18.2 Å². The van der Waals surface area contributed by atoms with Crippen LogP contribution in [0.25, 0.3) is 0 Å². The molecule has 2 saturated heterocycles. The van der Waals surface area contributed by atoms with Gasteiger partial charge in [-0.3, -0.25) is 9.59 Å². The van der Waals surface area contributed by atoms with Crippen LogP contribution in [0.5, 0.6) is 0 Å². The minimum atomic E-state index is -0.173. The van der Waals surface area contributed by atoms with Gasteiger partial charge in [0.15, 0.2) is 5.82 Å². The summed E-state index contributed by atoms with van der Waals surface area (Å²) in [5.41, 5.74) is 0. The third-order valence-electron chi connectivity index (χ3n) is 4.23. The van der Waals surface area contributed by atoms with E-state index in [0.717, 1.165) is 25.9 Å². The number of nitrogens with one attached hydrogen (secondary N) is 2. The number of halogens is 1. The standard InChI is InChI=1S/C15H22N4O3S.ClH/c1-10-6-13(18-22-10)17-14(20)8-23-9-15(21)19-5-4-11-2-3-12(7-19)16-11;/h6,11-12,16H,2-5,7-9H2,1H3,(H,17,18,20);1H. The fourth-order valence-electron chi connectivity index (χ4n) is 3.10. The molecule has 2 atom stereocenters. The molecule has 0 aromatic carbocycles. The summed E-state index contributed by atoms with van der Waals surface area (Å²) < 4.78 is 4.89. The number of hydrogen-bond donors (Lipinski definition) is 2. The van der Waals surface area contributed by atoms with E-state index in [4.69, 9.17) is 4.52 Å². The van der Waals surface area contributed by atoms with Crippen molar-refractivity contribution in [3.8, 4) is 0 Å². The van der Waals surface area contributed by atoms with Crippen LogP contribution in [0.2, 0.25) is 0 Å². The molecule has 2 N–H and O–H groups in total. The number of fused-ring (bicyclic) bond motifs is 2. The van der Waals surface area contributed by atoms with Crippen molar-refractivity contribution < 1.29 is 14.1 Å². The normalized spacial score (nSPS) is 22.6. The lowest BCUT2D eigenvalue weighted by Gasteiger charge is -2.24. The van der Waals surface area contributed by atoms with Crippen molar-refractivity contribution in [3.05, 3.63) is 11.8 Å². The lowest BCUT2D eigenvalue weighted by Crippen LogP contribution is -2.40. The maximum absolute atomic E-state index is 12.3. The van der Waals surface area contributed by atoms with E-state index in [9.17, 15) is 9.59 Å². The number of amides is 2. The molecule has 2 amide bonds. The third-order valence-corrected chi connectivity index (χ3v) is 5.15. The van der Waals surface area contributed by atoms with E-state index in [1.54, 1.807) is 13.0 Å². The van der Waals surface area contributed by atoms with Crippen molar-refractivity contribution in [3.63, 3.8) is 0 Å². The van der Waals surface area contributed by atoms with Crippen molar-refractivity contribution in [2.24, 2.45) is 0 Å². The van der Waals surface area contributed by atoms with Gasteiger partial charge >= 0.3 is 0 Å². The van der Waals surface area contributed by atoms with E-state index < -0.39 is 0 Å². The number of likely N-dealkylation sites (tertiary alicyclic amines) is 1. The zero-order valence-electron chi connectivity index (χ0n) is 13.6. The van der Waals surface area contributed by atoms with Crippen LogP contribution in [0.1, 0.15) is 25.0 Å². The lowest BCUT2D eigenvalue weighted by atomic mass is 10.1. The van der Waals surface area contributed by atoms with Crippen molar-refractivity contribution in [2.75, 3.05) is 29.9 Å². The summed E-state index contributed by atoms with van der Waals surface area (Å²) in [6, 6.07) is 2.67. The summed E-state index contributed by atoms with van der Waals surface area (Å²) in [4.78, 5) is 26.0. The molecule has 0 aliphatic carbocycles. The van der Waals surface area contributed by atoms with Crippen molar-refractivity contribution in [2.45, 2.75) is 38.3 Å². The van der Waals surface area contributed by atoms with Crippen molar-refractivity contribution >= 4 is 41.8 Å². The molecule has 2 bridgehead atoms. The largest absolute Gasteiger partial charge is 0.360 e. The van der Waals surface area contributed by atoms with Crippen LogP contribution in [0.15, 0.2) is 10.6 Å². The number of rotatable bonds is 5. The summed E-state index contributed by atoms with van der Waals surface area (Å²) >= 11 is 1.33. The van der Waals surface area contributed by atoms with Gasteiger partial charge in [-0.05, 0) is 26.2 Å². The Kier molecular flexibility index (Phi) is 6.94. The SMILES string of the molecule is Cc1cc(NC(=O)CSCC(=O)N2CCC3CCC(C2)N3)no1.Cl. The molecule has 0 saturated carbocycles. The maximum Gasteiger partial charge on any atom is 0.235 e. The predicted octanol–water partition coefficient (Wildman–Crippen LogP) is 1.43. The van der Waals surface area contributed by atoms with Gasteiger partial charge in [0.25, 0.3) is 0 Å². The van der Waals surface area contributed by atoms with Gasteiger partial charge in [-0.1, -0.05) is 5.16 Å².